The minimum Gasteiger partial charge on any atom is -0.455 e. The smallest absolute Gasteiger partial charge is 0.276 e. The Balaban J connectivity index is 1.93. The van der Waals surface area contributed by atoms with E-state index in [1.807, 2.05) is 0 Å². The molecule has 9 heteroatoms. The number of fused-ring (bicyclic) bond motifs is 1. The third-order valence-corrected chi connectivity index (χ3v) is 3.79. The van der Waals surface area contributed by atoms with Crippen molar-refractivity contribution in [3.8, 4) is 11.5 Å². The van der Waals surface area contributed by atoms with Crippen LogP contribution in [0.25, 0.3) is 10.9 Å². The quantitative estimate of drug-likeness (QED) is 0.286. The number of non-ortho nitro benzene ring substituents is 1. The SMILES string of the molecule is CN(C(=N)N)C(=O)c1cc2cccc(Oc3ccc([N+](=O)[O-])cc3)c2[nH]1. The van der Waals surface area contributed by atoms with Crippen molar-refractivity contribution in [2.24, 2.45) is 5.73 Å². The number of guanidine groups is 1. The lowest BCUT2D eigenvalue weighted by Gasteiger charge is -2.12. The number of amides is 1. The van der Waals surface area contributed by atoms with Crippen molar-refractivity contribution in [1.29, 1.82) is 5.41 Å². The molecule has 0 saturated heterocycles. The van der Waals surface area contributed by atoms with Gasteiger partial charge in [0.25, 0.3) is 11.6 Å². The van der Waals surface area contributed by atoms with E-state index < -0.39 is 10.8 Å². The average molecular weight is 353 g/mol. The Hall–Kier alpha value is -3.88. The Morgan fingerprint density at radius 3 is 2.58 bits per heavy atom. The van der Waals surface area contributed by atoms with Gasteiger partial charge in [0.05, 0.1) is 10.4 Å². The fourth-order valence-corrected chi connectivity index (χ4v) is 2.38. The zero-order chi connectivity index (χ0) is 18.8. The lowest BCUT2D eigenvalue weighted by Crippen LogP contribution is -2.38. The van der Waals surface area contributed by atoms with Crippen LogP contribution in [0.15, 0.2) is 48.5 Å². The second-order valence-corrected chi connectivity index (χ2v) is 5.51. The van der Waals surface area contributed by atoms with Gasteiger partial charge in [0.15, 0.2) is 11.7 Å². The molecule has 4 N–H and O–H groups in total. The van der Waals surface area contributed by atoms with E-state index in [-0.39, 0.29) is 17.3 Å². The van der Waals surface area contributed by atoms with Gasteiger partial charge in [0.1, 0.15) is 11.4 Å². The van der Waals surface area contributed by atoms with E-state index >= 15 is 0 Å². The molecule has 0 aliphatic heterocycles. The van der Waals surface area contributed by atoms with Crippen molar-refractivity contribution in [2.75, 3.05) is 7.05 Å². The number of H-pyrrole nitrogens is 1. The van der Waals surface area contributed by atoms with E-state index in [1.54, 1.807) is 24.3 Å². The van der Waals surface area contributed by atoms with E-state index in [2.05, 4.69) is 4.98 Å². The first-order valence-corrected chi connectivity index (χ1v) is 7.53. The molecule has 0 atom stereocenters. The Kier molecular flexibility index (Phi) is 4.27. The molecule has 0 spiro atoms. The van der Waals surface area contributed by atoms with Gasteiger partial charge in [-0.2, -0.15) is 0 Å². The van der Waals surface area contributed by atoms with Crippen molar-refractivity contribution in [3.05, 3.63) is 64.3 Å². The van der Waals surface area contributed by atoms with E-state index in [1.165, 1.54) is 31.3 Å². The number of hydrogen-bond acceptors (Lipinski definition) is 5. The number of aromatic nitrogens is 1. The van der Waals surface area contributed by atoms with Gasteiger partial charge in [-0.1, -0.05) is 12.1 Å². The molecule has 0 fully saturated rings. The molecule has 3 rings (SSSR count). The summed E-state index contributed by atoms with van der Waals surface area (Å²) in [6.07, 6.45) is 0. The molecule has 1 aromatic heterocycles. The number of aromatic amines is 1. The molecular formula is C17H15N5O4. The summed E-state index contributed by atoms with van der Waals surface area (Å²) in [5.41, 5.74) is 6.15. The van der Waals surface area contributed by atoms with Crippen LogP contribution in [-0.4, -0.2) is 33.7 Å². The standard InChI is InChI=1S/C17H15N5O4/c1-21(17(18)19)16(23)13-9-10-3-2-4-14(15(10)20-13)26-12-7-5-11(6-8-12)22(24)25/h2-9,20H,1H3,(H3,18,19). The zero-order valence-electron chi connectivity index (χ0n) is 13.7. The maximum absolute atomic E-state index is 12.3. The van der Waals surface area contributed by atoms with E-state index in [0.29, 0.717) is 17.0 Å². The lowest BCUT2D eigenvalue weighted by molar-refractivity contribution is -0.384. The van der Waals surface area contributed by atoms with Crippen LogP contribution in [0.4, 0.5) is 5.69 Å². The van der Waals surface area contributed by atoms with Gasteiger partial charge < -0.3 is 15.5 Å². The first kappa shape index (κ1) is 17.0. The number of nitro benzene ring substituents is 1. The number of nitrogens with two attached hydrogens (primary N) is 1. The van der Waals surface area contributed by atoms with Crippen molar-refractivity contribution < 1.29 is 14.5 Å². The van der Waals surface area contributed by atoms with E-state index in [4.69, 9.17) is 15.9 Å². The van der Waals surface area contributed by atoms with Gasteiger partial charge in [-0.3, -0.25) is 25.2 Å². The number of carbonyl (C=O) groups excluding carboxylic acids is 1. The maximum atomic E-state index is 12.3. The fourth-order valence-electron chi connectivity index (χ4n) is 2.38. The van der Waals surface area contributed by atoms with Crippen LogP contribution in [0.5, 0.6) is 11.5 Å². The summed E-state index contributed by atoms with van der Waals surface area (Å²) in [5.74, 6) is 0.0679. The van der Waals surface area contributed by atoms with Crippen LogP contribution < -0.4 is 10.5 Å². The Labute approximate surface area is 147 Å². The molecule has 0 aliphatic carbocycles. The molecule has 2 aromatic carbocycles. The predicted molar refractivity (Wildman–Crippen MR) is 95.5 cm³/mol. The van der Waals surface area contributed by atoms with Crippen molar-refractivity contribution in [3.63, 3.8) is 0 Å². The first-order valence-electron chi connectivity index (χ1n) is 7.53. The molecule has 132 valence electrons. The van der Waals surface area contributed by atoms with E-state index in [9.17, 15) is 14.9 Å². The third-order valence-electron chi connectivity index (χ3n) is 3.79. The number of rotatable bonds is 4. The highest BCUT2D eigenvalue weighted by Crippen LogP contribution is 2.31. The molecule has 0 aliphatic rings. The van der Waals surface area contributed by atoms with Gasteiger partial charge in [-0.15, -0.1) is 0 Å². The number of nitro groups is 1. The number of nitrogens with one attached hydrogen (secondary N) is 2. The second kappa shape index (κ2) is 6.55. The van der Waals surface area contributed by atoms with Crippen molar-refractivity contribution in [2.45, 2.75) is 0 Å². The summed E-state index contributed by atoms with van der Waals surface area (Å²) in [7, 11) is 1.41. The second-order valence-electron chi connectivity index (χ2n) is 5.51. The van der Waals surface area contributed by atoms with Gasteiger partial charge in [0, 0.05) is 24.6 Å². The van der Waals surface area contributed by atoms with Crippen LogP contribution in [-0.2, 0) is 0 Å². The number of hydrogen-bond donors (Lipinski definition) is 3. The highest BCUT2D eigenvalue weighted by Gasteiger charge is 2.18. The van der Waals surface area contributed by atoms with Crippen LogP contribution in [0.2, 0.25) is 0 Å². The third kappa shape index (κ3) is 3.18. The maximum Gasteiger partial charge on any atom is 0.276 e. The molecule has 26 heavy (non-hydrogen) atoms. The van der Waals surface area contributed by atoms with Gasteiger partial charge >= 0.3 is 0 Å². The predicted octanol–water partition coefficient (Wildman–Crippen LogP) is 2.83. The zero-order valence-corrected chi connectivity index (χ0v) is 13.7. The Bertz CT molecular complexity index is 1010. The average Bonchev–Trinajstić information content (AvgIpc) is 3.06. The molecule has 0 saturated carbocycles. The fraction of sp³-hybridized carbons (Fsp3) is 0.0588. The summed E-state index contributed by atoms with van der Waals surface area (Å²) < 4.78 is 5.78. The van der Waals surface area contributed by atoms with Crippen LogP contribution in [0.3, 0.4) is 0 Å². The van der Waals surface area contributed by atoms with Crippen molar-refractivity contribution in [1.82, 2.24) is 9.88 Å². The molecule has 1 amide bonds. The minimum atomic E-state index is -0.487. The van der Waals surface area contributed by atoms with Gasteiger partial charge in [0.2, 0.25) is 0 Å². The summed E-state index contributed by atoms with van der Waals surface area (Å²) in [5, 5.41) is 18.8. The number of ether oxygens (including phenoxy) is 1. The Morgan fingerprint density at radius 2 is 1.96 bits per heavy atom. The number of carbonyl (C=O) groups is 1. The highest BCUT2D eigenvalue weighted by atomic mass is 16.6. The number of nitrogens with zero attached hydrogens (tertiary/aromatic N) is 2. The molecular weight excluding hydrogens is 338 g/mol. The van der Waals surface area contributed by atoms with Gasteiger partial charge in [-0.25, -0.2) is 0 Å². The summed E-state index contributed by atoms with van der Waals surface area (Å²) >= 11 is 0. The minimum absolute atomic E-state index is 0.0319. The molecule has 3 aromatic rings. The lowest BCUT2D eigenvalue weighted by atomic mass is 10.2. The summed E-state index contributed by atoms with van der Waals surface area (Å²) in [6, 6.07) is 12.6. The van der Waals surface area contributed by atoms with Crippen LogP contribution in [0.1, 0.15) is 10.5 Å². The van der Waals surface area contributed by atoms with Crippen LogP contribution >= 0.6 is 0 Å². The highest BCUT2D eigenvalue weighted by molar-refractivity contribution is 6.06. The molecule has 0 unspecified atom stereocenters. The topological polar surface area (TPSA) is 138 Å². The summed E-state index contributed by atoms with van der Waals surface area (Å²) in [4.78, 5) is 26.5. The largest absolute Gasteiger partial charge is 0.455 e. The molecule has 0 bridgehead atoms. The number of para-hydroxylation sites is 1. The monoisotopic (exact) mass is 353 g/mol. The first-order chi connectivity index (χ1) is 12.4. The van der Waals surface area contributed by atoms with Crippen molar-refractivity contribution >= 4 is 28.5 Å². The molecule has 1 heterocycles. The molecule has 0 radical (unpaired) electrons. The van der Waals surface area contributed by atoms with E-state index in [0.717, 1.165) is 10.3 Å². The Morgan fingerprint density at radius 1 is 1.27 bits per heavy atom. The molecule has 9 nitrogen and oxygen atoms in total. The van der Waals surface area contributed by atoms with Gasteiger partial charge in [-0.05, 0) is 24.3 Å². The normalized spacial score (nSPS) is 10.5. The number of benzene rings is 2. The summed E-state index contributed by atoms with van der Waals surface area (Å²) in [6.45, 7) is 0. The van der Waals surface area contributed by atoms with Crippen LogP contribution in [0, 0.1) is 15.5 Å².